The molecule has 0 aliphatic carbocycles. The van der Waals surface area contributed by atoms with Crippen LogP contribution in [0.1, 0.15) is 22.8 Å². The number of hydrogen-bond donors (Lipinski definition) is 2. The number of aromatic nitrogens is 2. The van der Waals surface area contributed by atoms with Gasteiger partial charge in [-0.1, -0.05) is 29.4 Å². The van der Waals surface area contributed by atoms with Crippen LogP contribution in [0.3, 0.4) is 0 Å². The van der Waals surface area contributed by atoms with Gasteiger partial charge < -0.3 is 19.9 Å². The monoisotopic (exact) mass is 364 g/mol. The number of hydrogen-bond acceptors (Lipinski definition) is 6. The molecule has 1 aliphatic heterocycles. The summed E-state index contributed by atoms with van der Waals surface area (Å²) in [5.74, 6) is 0.215. The van der Waals surface area contributed by atoms with Crippen molar-refractivity contribution >= 4 is 17.7 Å². The molecule has 0 radical (unpaired) electrons. The van der Waals surface area contributed by atoms with Crippen LogP contribution in [0.5, 0.6) is 0 Å². The maximum absolute atomic E-state index is 12.5. The van der Waals surface area contributed by atoms with E-state index in [0.29, 0.717) is 17.1 Å². The quantitative estimate of drug-likeness (QED) is 0.737. The molecule has 1 unspecified atom stereocenters. The maximum atomic E-state index is 12.5. The number of carbonyl (C=O) groups is 2. The number of anilines is 1. The Bertz CT molecular complexity index is 985. The Hall–Kier alpha value is -3.68. The predicted molar refractivity (Wildman–Crippen MR) is 96.0 cm³/mol. The number of ether oxygens (including phenoxy) is 1. The van der Waals surface area contributed by atoms with Gasteiger partial charge in [-0.3, -0.25) is 4.79 Å². The standard InChI is InChI=1S/C19H16N4O4/c1-19(10-26-18(25)22-19)14-3-2-4-15(9-14)21-17(24)13-7-5-12(6-8-13)16-20-11-27-23-16/h2-9,11H,10H2,1H3,(H,21,24)(H,22,25). The number of nitrogens with one attached hydrogen (secondary N) is 2. The lowest BCUT2D eigenvalue weighted by Crippen LogP contribution is -2.37. The molecule has 27 heavy (non-hydrogen) atoms. The smallest absolute Gasteiger partial charge is 0.408 e. The zero-order valence-electron chi connectivity index (χ0n) is 14.4. The molecule has 1 aliphatic rings. The third-order valence-electron chi connectivity index (χ3n) is 4.39. The average Bonchev–Trinajstić information content (AvgIpc) is 3.33. The fraction of sp³-hybridized carbons (Fsp3) is 0.158. The topological polar surface area (TPSA) is 106 Å². The van der Waals surface area contributed by atoms with E-state index in [1.54, 1.807) is 30.3 Å². The van der Waals surface area contributed by atoms with Crippen LogP contribution in [-0.2, 0) is 10.3 Å². The van der Waals surface area contributed by atoms with Crippen LogP contribution in [0.4, 0.5) is 10.5 Å². The Morgan fingerprint density at radius 3 is 2.70 bits per heavy atom. The zero-order valence-corrected chi connectivity index (χ0v) is 14.4. The lowest BCUT2D eigenvalue weighted by molar-refractivity contribution is 0.102. The summed E-state index contributed by atoms with van der Waals surface area (Å²) >= 11 is 0. The van der Waals surface area contributed by atoms with Gasteiger partial charge in [0.15, 0.2) is 0 Å². The average molecular weight is 364 g/mol. The SMILES string of the molecule is CC1(c2cccc(NC(=O)c3ccc(-c4ncon4)cc3)c2)COC(=O)N1. The van der Waals surface area contributed by atoms with Crippen LogP contribution in [-0.4, -0.2) is 28.7 Å². The van der Waals surface area contributed by atoms with E-state index in [1.807, 2.05) is 25.1 Å². The number of alkyl carbamates (subject to hydrolysis) is 1. The van der Waals surface area contributed by atoms with E-state index >= 15 is 0 Å². The van der Waals surface area contributed by atoms with Gasteiger partial charge in [0.2, 0.25) is 12.2 Å². The first-order valence-corrected chi connectivity index (χ1v) is 8.27. The summed E-state index contributed by atoms with van der Waals surface area (Å²) in [4.78, 5) is 27.9. The number of rotatable bonds is 4. The Kier molecular flexibility index (Phi) is 4.08. The minimum Gasteiger partial charge on any atom is -0.447 e. The van der Waals surface area contributed by atoms with Crippen molar-refractivity contribution in [3.8, 4) is 11.4 Å². The predicted octanol–water partition coefficient (Wildman–Crippen LogP) is 2.94. The van der Waals surface area contributed by atoms with Gasteiger partial charge in [-0.2, -0.15) is 4.98 Å². The van der Waals surface area contributed by atoms with Gasteiger partial charge >= 0.3 is 6.09 Å². The number of nitrogens with zero attached hydrogens (tertiary/aromatic N) is 2. The van der Waals surface area contributed by atoms with E-state index in [1.165, 1.54) is 6.39 Å². The van der Waals surface area contributed by atoms with Gasteiger partial charge in [0.05, 0.1) is 5.54 Å². The summed E-state index contributed by atoms with van der Waals surface area (Å²) in [5, 5.41) is 9.41. The Labute approximate surface area is 154 Å². The maximum Gasteiger partial charge on any atom is 0.408 e. The summed E-state index contributed by atoms with van der Waals surface area (Å²) in [6.07, 6.45) is 0.801. The third-order valence-corrected chi connectivity index (χ3v) is 4.39. The molecular formula is C19H16N4O4. The highest BCUT2D eigenvalue weighted by atomic mass is 16.6. The van der Waals surface area contributed by atoms with Crippen molar-refractivity contribution < 1.29 is 18.8 Å². The zero-order chi connectivity index (χ0) is 18.9. The van der Waals surface area contributed by atoms with Gasteiger partial charge in [-0.15, -0.1) is 0 Å². The van der Waals surface area contributed by atoms with Crippen molar-refractivity contribution in [2.45, 2.75) is 12.5 Å². The molecule has 1 saturated heterocycles. The molecule has 136 valence electrons. The van der Waals surface area contributed by atoms with E-state index in [9.17, 15) is 9.59 Å². The van der Waals surface area contributed by atoms with E-state index in [2.05, 4.69) is 20.8 Å². The summed E-state index contributed by atoms with van der Waals surface area (Å²) < 4.78 is 9.72. The van der Waals surface area contributed by atoms with Gasteiger partial charge in [0.1, 0.15) is 6.61 Å². The van der Waals surface area contributed by atoms with E-state index in [-0.39, 0.29) is 12.5 Å². The Morgan fingerprint density at radius 2 is 2.04 bits per heavy atom. The molecule has 2 N–H and O–H groups in total. The van der Waals surface area contributed by atoms with Gasteiger partial charge in [-0.05, 0) is 36.8 Å². The van der Waals surface area contributed by atoms with Crippen molar-refractivity contribution in [2.75, 3.05) is 11.9 Å². The molecular weight excluding hydrogens is 348 g/mol. The molecule has 4 rings (SSSR count). The first kappa shape index (κ1) is 16.8. The number of benzene rings is 2. The largest absolute Gasteiger partial charge is 0.447 e. The van der Waals surface area contributed by atoms with Crippen LogP contribution < -0.4 is 10.6 Å². The normalized spacial score (nSPS) is 18.6. The van der Waals surface area contributed by atoms with Crippen molar-refractivity contribution in [1.82, 2.24) is 15.5 Å². The highest BCUT2D eigenvalue weighted by Crippen LogP contribution is 2.27. The Morgan fingerprint density at radius 1 is 1.22 bits per heavy atom. The molecule has 0 bridgehead atoms. The second-order valence-corrected chi connectivity index (χ2v) is 6.40. The van der Waals surface area contributed by atoms with Crippen molar-refractivity contribution in [3.63, 3.8) is 0 Å². The lowest BCUT2D eigenvalue weighted by Gasteiger charge is -2.22. The molecule has 1 atom stereocenters. The molecule has 2 aromatic carbocycles. The van der Waals surface area contributed by atoms with Crippen LogP contribution in [0, 0.1) is 0 Å². The highest BCUT2D eigenvalue weighted by molar-refractivity contribution is 6.04. The first-order valence-electron chi connectivity index (χ1n) is 8.27. The van der Waals surface area contributed by atoms with Crippen molar-refractivity contribution in [2.24, 2.45) is 0 Å². The second-order valence-electron chi connectivity index (χ2n) is 6.40. The molecule has 2 amide bonds. The van der Waals surface area contributed by atoms with E-state index in [4.69, 9.17) is 9.26 Å². The third kappa shape index (κ3) is 3.37. The first-order chi connectivity index (χ1) is 13.0. The fourth-order valence-electron chi connectivity index (χ4n) is 2.87. The summed E-state index contributed by atoms with van der Waals surface area (Å²) in [7, 11) is 0. The molecule has 3 aromatic rings. The second kappa shape index (κ2) is 6.56. The van der Waals surface area contributed by atoms with E-state index in [0.717, 1.165) is 11.1 Å². The van der Waals surface area contributed by atoms with Crippen LogP contribution in [0.2, 0.25) is 0 Å². The van der Waals surface area contributed by atoms with Crippen molar-refractivity contribution in [3.05, 3.63) is 66.1 Å². The molecule has 8 nitrogen and oxygen atoms in total. The molecule has 1 aromatic heterocycles. The summed E-state index contributed by atoms with van der Waals surface area (Å²) in [6.45, 7) is 2.11. The number of cyclic esters (lactones) is 1. The molecule has 0 spiro atoms. The van der Waals surface area contributed by atoms with Crippen molar-refractivity contribution in [1.29, 1.82) is 0 Å². The van der Waals surface area contributed by atoms with Gasteiger partial charge in [0.25, 0.3) is 5.91 Å². The van der Waals surface area contributed by atoms with E-state index < -0.39 is 11.6 Å². The highest BCUT2D eigenvalue weighted by Gasteiger charge is 2.36. The van der Waals surface area contributed by atoms with Gasteiger partial charge in [-0.25, -0.2) is 4.79 Å². The molecule has 0 saturated carbocycles. The molecule has 1 fully saturated rings. The fourth-order valence-corrected chi connectivity index (χ4v) is 2.87. The minimum atomic E-state index is -0.621. The molecule has 2 heterocycles. The molecule has 8 heteroatoms. The van der Waals surface area contributed by atoms with Crippen LogP contribution in [0.15, 0.2) is 59.4 Å². The Balaban J connectivity index is 1.50. The van der Waals surface area contributed by atoms with Crippen LogP contribution in [0.25, 0.3) is 11.4 Å². The number of carbonyl (C=O) groups excluding carboxylic acids is 2. The lowest BCUT2D eigenvalue weighted by atomic mass is 9.93. The minimum absolute atomic E-state index is 0.237. The number of amides is 2. The summed E-state index contributed by atoms with van der Waals surface area (Å²) in [6, 6.07) is 14.2. The van der Waals surface area contributed by atoms with Crippen LogP contribution >= 0.6 is 0 Å². The summed E-state index contributed by atoms with van der Waals surface area (Å²) in [5.41, 5.74) is 2.11. The van der Waals surface area contributed by atoms with Gasteiger partial charge in [0, 0.05) is 16.8 Å².